The molecular weight excluding hydrogens is 234 g/mol. The van der Waals surface area contributed by atoms with Gasteiger partial charge < -0.3 is 16.8 Å². The lowest BCUT2D eigenvalue weighted by Crippen LogP contribution is -2.25. The van der Waals surface area contributed by atoms with Crippen LogP contribution in [0.2, 0.25) is 0 Å². The van der Waals surface area contributed by atoms with Crippen LogP contribution in [0.25, 0.3) is 0 Å². The van der Waals surface area contributed by atoms with Crippen molar-refractivity contribution in [1.29, 1.82) is 0 Å². The van der Waals surface area contributed by atoms with Gasteiger partial charge in [-0.2, -0.15) is 11.8 Å². The molecule has 0 unspecified atom stereocenters. The van der Waals surface area contributed by atoms with E-state index < -0.39 is 5.91 Å². The summed E-state index contributed by atoms with van der Waals surface area (Å²) in [5, 5.41) is 3.42. The maximum absolute atomic E-state index is 11.0. The van der Waals surface area contributed by atoms with Gasteiger partial charge in [0.15, 0.2) is 0 Å². The normalized spacial score (nSPS) is 16.7. The van der Waals surface area contributed by atoms with Crippen molar-refractivity contribution in [3.05, 3.63) is 23.8 Å². The Bertz CT molecular complexity index is 416. The maximum atomic E-state index is 11.0. The predicted molar refractivity (Wildman–Crippen MR) is 73.3 cm³/mol. The van der Waals surface area contributed by atoms with Gasteiger partial charge in [0.2, 0.25) is 5.91 Å². The third-order valence-corrected chi connectivity index (χ3v) is 3.97. The molecule has 92 valence electrons. The van der Waals surface area contributed by atoms with Gasteiger partial charge in [0.1, 0.15) is 0 Å². The third-order valence-electron chi connectivity index (χ3n) is 2.92. The van der Waals surface area contributed by atoms with Crippen LogP contribution in [0.15, 0.2) is 18.2 Å². The van der Waals surface area contributed by atoms with Crippen molar-refractivity contribution in [2.75, 3.05) is 22.6 Å². The minimum Gasteiger partial charge on any atom is -0.397 e. The van der Waals surface area contributed by atoms with Gasteiger partial charge in [0, 0.05) is 11.6 Å². The van der Waals surface area contributed by atoms with Crippen molar-refractivity contribution in [1.82, 2.24) is 0 Å². The molecule has 17 heavy (non-hydrogen) atoms. The number of benzene rings is 1. The van der Waals surface area contributed by atoms with E-state index in [1.807, 2.05) is 17.8 Å². The highest BCUT2D eigenvalue weighted by atomic mass is 32.2. The highest BCUT2D eigenvalue weighted by Crippen LogP contribution is 2.25. The van der Waals surface area contributed by atoms with Crippen LogP contribution in [0.1, 0.15) is 23.2 Å². The molecule has 5 N–H and O–H groups in total. The van der Waals surface area contributed by atoms with Gasteiger partial charge in [0.05, 0.1) is 11.4 Å². The van der Waals surface area contributed by atoms with Crippen LogP contribution in [0.3, 0.4) is 0 Å². The van der Waals surface area contributed by atoms with E-state index in [0.717, 1.165) is 18.5 Å². The van der Waals surface area contributed by atoms with E-state index in [0.29, 0.717) is 17.3 Å². The largest absolute Gasteiger partial charge is 0.397 e. The lowest BCUT2D eigenvalue weighted by atomic mass is 10.1. The molecule has 0 aliphatic carbocycles. The molecule has 0 saturated carbocycles. The Morgan fingerprint density at radius 2 is 2.06 bits per heavy atom. The molecule has 1 aliphatic heterocycles. The zero-order valence-electron chi connectivity index (χ0n) is 9.61. The second-order valence-corrected chi connectivity index (χ2v) is 5.42. The van der Waals surface area contributed by atoms with Crippen LogP contribution in [-0.2, 0) is 0 Å². The molecule has 0 radical (unpaired) electrons. The molecule has 0 spiro atoms. The van der Waals surface area contributed by atoms with Crippen LogP contribution >= 0.6 is 11.8 Å². The Morgan fingerprint density at radius 3 is 2.65 bits per heavy atom. The van der Waals surface area contributed by atoms with Gasteiger partial charge >= 0.3 is 0 Å². The first kappa shape index (κ1) is 12.1. The van der Waals surface area contributed by atoms with E-state index in [1.165, 1.54) is 11.5 Å². The molecule has 0 aromatic heterocycles. The summed E-state index contributed by atoms with van der Waals surface area (Å²) in [4.78, 5) is 11.0. The summed E-state index contributed by atoms with van der Waals surface area (Å²) in [5.41, 5.74) is 13.0. The van der Waals surface area contributed by atoms with E-state index in [4.69, 9.17) is 11.5 Å². The number of carbonyl (C=O) groups excluding carboxylic acids is 1. The monoisotopic (exact) mass is 251 g/mol. The zero-order valence-corrected chi connectivity index (χ0v) is 10.4. The number of carbonyl (C=O) groups is 1. The molecular formula is C12H17N3OS. The van der Waals surface area contributed by atoms with Gasteiger partial charge in [-0.05, 0) is 42.5 Å². The predicted octanol–water partition coefficient (Wildman–Crippen LogP) is 1.68. The molecule has 5 heteroatoms. The molecule has 1 amide bonds. The first-order chi connectivity index (χ1) is 8.16. The Balaban J connectivity index is 2.08. The first-order valence-corrected chi connectivity index (χ1v) is 6.86. The Hall–Kier alpha value is -1.36. The number of thioether (sulfide) groups is 1. The summed E-state index contributed by atoms with van der Waals surface area (Å²) < 4.78 is 0. The summed E-state index contributed by atoms with van der Waals surface area (Å²) in [5.74, 6) is 1.94. The summed E-state index contributed by atoms with van der Waals surface area (Å²) >= 11 is 1.99. The maximum Gasteiger partial charge on any atom is 0.248 e. The SMILES string of the molecule is NC(=O)c1ccc(NC2CCSCC2)c(N)c1. The number of amides is 1. The third kappa shape index (κ3) is 3.06. The number of hydrogen-bond acceptors (Lipinski definition) is 4. The first-order valence-electron chi connectivity index (χ1n) is 5.70. The van der Waals surface area contributed by atoms with Crippen molar-refractivity contribution < 1.29 is 4.79 Å². The fourth-order valence-corrected chi connectivity index (χ4v) is 3.02. The lowest BCUT2D eigenvalue weighted by molar-refractivity contribution is 0.100. The second-order valence-electron chi connectivity index (χ2n) is 4.20. The fraction of sp³-hybridized carbons (Fsp3) is 0.417. The molecule has 4 nitrogen and oxygen atoms in total. The smallest absolute Gasteiger partial charge is 0.248 e. The quantitative estimate of drug-likeness (QED) is 0.714. The van der Waals surface area contributed by atoms with Crippen LogP contribution in [0, 0.1) is 0 Å². The zero-order chi connectivity index (χ0) is 12.3. The minimum atomic E-state index is -0.447. The Morgan fingerprint density at radius 1 is 1.35 bits per heavy atom. The van der Waals surface area contributed by atoms with Crippen LogP contribution in [-0.4, -0.2) is 23.5 Å². The molecule has 1 aromatic rings. The van der Waals surface area contributed by atoms with Gasteiger partial charge in [-0.1, -0.05) is 0 Å². The van der Waals surface area contributed by atoms with E-state index >= 15 is 0 Å². The molecule has 1 heterocycles. The fourth-order valence-electron chi connectivity index (χ4n) is 1.91. The Labute approximate surface area is 105 Å². The summed E-state index contributed by atoms with van der Waals surface area (Å²) in [6.45, 7) is 0. The number of rotatable bonds is 3. The van der Waals surface area contributed by atoms with Crippen LogP contribution in [0.5, 0.6) is 0 Å². The van der Waals surface area contributed by atoms with Gasteiger partial charge in [-0.25, -0.2) is 0 Å². The number of hydrogen-bond donors (Lipinski definition) is 3. The van der Waals surface area contributed by atoms with Crippen molar-refractivity contribution in [2.24, 2.45) is 5.73 Å². The molecule has 0 bridgehead atoms. The average molecular weight is 251 g/mol. The van der Waals surface area contributed by atoms with Crippen molar-refractivity contribution >= 4 is 29.0 Å². The number of primary amides is 1. The van der Waals surface area contributed by atoms with E-state index in [2.05, 4.69) is 5.32 Å². The van der Waals surface area contributed by atoms with E-state index in [9.17, 15) is 4.79 Å². The second kappa shape index (κ2) is 5.31. The highest BCUT2D eigenvalue weighted by molar-refractivity contribution is 7.99. The van der Waals surface area contributed by atoms with Crippen LogP contribution < -0.4 is 16.8 Å². The Kier molecular flexibility index (Phi) is 3.78. The summed E-state index contributed by atoms with van der Waals surface area (Å²) in [6.07, 6.45) is 2.31. The molecule has 1 fully saturated rings. The minimum absolute atomic E-state index is 0.447. The standard InChI is InChI=1S/C12H17N3OS/c13-10-7-8(12(14)16)1-2-11(10)15-9-3-5-17-6-4-9/h1-2,7,9,15H,3-6,13H2,(H2,14,16). The number of nitrogens with one attached hydrogen (secondary N) is 1. The summed E-state index contributed by atoms with van der Waals surface area (Å²) in [7, 11) is 0. The molecule has 2 rings (SSSR count). The highest BCUT2D eigenvalue weighted by Gasteiger charge is 2.14. The van der Waals surface area contributed by atoms with Gasteiger partial charge in [0.25, 0.3) is 0 Å². The average Bonchev–Trinajstić information content (AvgIpc) is 2.33. The topological polar surface area (TPSA) is 81.1 Å². The number of anilines is 2. The molecule has 1 saturated heterocycles. The van der Waals surface area contributed by atoms with Crippen molar-refractivity contribution in [3.63, 3.8) is 0 Å². The molecule has 1 aliphatic rings. The van der Waals surface area contributed by atoms with Gasteiger partial charge in [-0.15, -0.1) is 0 Å². The van der Waals surface area contributed by atoms with Crippen LogP contribution in [0.4, 0.5) is 11.4 Å². The number of nitrogens with two attached hydrogens (primary N) is 2. The molecule has 0 atom stereocenters. The van der Waals surface area contributed by atoms with E-state index in [-0.39, 0.29) is 0 Å². The van der Waals surface area contributed by atoms with Crippen molar-refractivity contribution in [3.8, 4) is 0 Å². The molecule has 1 aromatic carbocycles. The van der Waals surface area contributed by atoms with E-state index in [1.54, 1.807) is 12.1 Å². The number of nitrogen functional groups attached to an aromatic ring is 1. The van der Waals surface area contributed by atoms with Gasteiger partial charge in [-0.3, -0.25) is 4.79 Å². The van der Waals surface area contributed by atoms with Crippen molar-refractivity contribution in [2.45, 2.75) is 18.9 Å². The summed E-state index contributed by atoms with van der Waals surface area (Å²) in [6, 6.07) is 5.65. The lowest BCUT2D eigenvalue weighted by Gasteiger charge is -2.24.